The van der Waals surface area contributed by atoms with E-state index >= 15 is 0 Å². The molecule has 0 atom stereocenters. The van der Waals surface area contributed by atoms with Crippen LogP contribution in [-0.2, 0) is 9.53 Å². The Balaban J connectivity index is 1.36. The maximum atomic E-state index is 12.3. The molecule has 2 aromatic carbocycles. The van der Waals surface area contributed by atoms with Gasteiger partial charge in [-0.2, -0.15) is 0 Å². The number of esters is 1. The third-order valence-electron chi connectivity index (χ3n) is 4.96. The predicted octanol–water partition coefficient (Wildman–Crippen LogP) is 2.05. The summed E-state index contributed by atoms with van der Waals surface area (Å²) in [6, 6.07) is 11.4. The molecule has 0 unspecified atom stereocenters. The molecule has 2 aromatic rings. The number of carbonyl (C=O) groups is 4. The van der Waals surface area contributed by atoms with E-state index < -0.39 is 11.9 Å². The highest BCUT2D eigenvalue weighted by molar-refractivity contribution is 6.21. The van der Waals surface area contributed by atoms with Gasteiger partial charge in [0.2, 0.25) is 0 Å². The molecule has 0 aromatic heterocycles. The molecule has 168 valence electrons. The molecule has 0 saturated carbocycles. The number of unbranched alkanes of at least 4 members (excludes halogenated alkanes) is 1. The Kier molecular flexibility index (Phi) is 7.43. The van der Waals surface area contributed by atoms with E-state index in [1.807, 2.05) is 0 Å². The number of fused-ring (bicyclic) bond motifs is 1. The van der Waals surface area contributed by atoms with Crippen LogP contribution in [0.5, 0.6) is 11.5 Å². The van der Waals surface area contributed by atoms with Crippen molar-refractivity contribution in [2.24, 2.45) is 0 Å². The Morgan fingerprint density at radius 3 is 2.19 bits per heavy atom. The lowest BCUT2D eigenvalue weighted by Crippen LogP contribution is -2.31. The maximum Gasteiger partial charge on any atom is 0.325 e. The quantitative estimate of drug-likeness (QED) is 0.342. The van der Waals surface area contributed by atoms with Gasteiger partial charge >= 0.3 is 5.97 Å². The van der Waals surface area contributed by atoms with Gasteiger partial charge in [-0.25, -0.2) is 0 Å². The van der Waals surface area contributed by atoms with Gasteiger partial charge in [0.1, 0.15) is 6.54 Å². The van der Waals surface area contributed by atoms with E-state index in [9.17, 15) is 19.2 Å². The van der Waals surface area contributed by atoms with E-state index in [1.165, 1.54) is 25.2 Å². The number of benzene rings is 2. The van der Waals surface area contributed by atoms with Crippen molar-refractivity contribution in [1.29, 1.82) is 0 Å². The molecule has 1 aliphatic heterocycles. The smallest absolute Gasteiger partial charge is 0.325 e. The first-order chi connectivity index (χ1) is 15.5. The first-order valence-electron chi connectivity index (χ1n) is 10.1. The third-order valence-corrected chi connectivity index (χ3v) is 4.96. The number of rotatable bonds is 10. The van der Waals surface area contributed by atoms with Crippen molar-refractivity contribution in [2.45, 2.75) is 12.8 Å². The second-order valence-corrected chi connectivity index (χ2v) is 6.99. The van der Waals surface area contributed by atoms with Gasteiger partial charge in [-0.1, -0.05) is 12.1 Å². The number of carbonyl (C=O) groups excluding carboxylic acids is 4. The van der Waals surface area contributed by atoms with E-state index in [4.69, 9.17) is 14.2 Å². The zero-order valence-corrected chi connectivity index (χ0v) is 17.9. The molecular weight excluding hydrogens is 416 g/mol. The molecule has 1 heterocycles. The monoisotopic (exact) mass is 440 g/mol. The minimum Gasteiger partial charge on any atom is -0.493 e. The Labute approximate surface area is 185 Å². The summed E-state index contributed by atoms with van der Waals surface area (Å²) in [7, 11) is 2.96. The normalized spacial score (nSPS) is 12.4. The van der Waals surface area contributed by atoms with Crippen LogP contribution in [0.4, 0.5) is 0 Å². The molecule has 0 aliphatic carbocycles. The van der Waals surface area contributed by atoms with E-state index in [0.717, 1.165) is 0 Å². The molecule has 0 radical (unpaired) electrons. The topological polar surface area (TPSA) is 111 Å². The fourth-order valence-electron chi connectivity index (χ4n) is 3.28. The van der Waals surface area contributed by atoms with Crippen LogP contribution in [0.3, 0.4) is 0 Å². The largest absolute Gasteiger partial charge is 0.493 e. The number of ether oxygens (including phenoxy) is 3. The molecule has 0 fully saturated rings. The van der Waals surface area contributed by atoms with Gasteiger partial charge in [0.25, 0.3) is 17.7 Å². The summed E-state index contributed by atoms with van der Waals surface area (Å²) >= 11 is 0. The highest BCUT2D eigenvalue weighted by Crippen LogP contribution is 2.27. The van der Waals surface area contributed by atoms with Gasteiger partial charge in [0.15, 0.2) is 11.5 Å². The zero-order chi connectivity index (χ0) is 23.1. The molecule has 9 heteroatoms. The van der Waals surface area contributed by atoms with Crippen LogP contribution in [0.1, 0.15) is 43.9 Å². The molecule has 0 spiro atoms. The highest BCUT2D eigenvalue weighted by atomic mass is 16.5. The van der Waals surface area contributed by atoms with Gasteiger partial charge in [-0.3, -0.25) is 24.1 Å². The molecule has 9 nitrogen and oxygen atoms in total. The SMILES string of the molecule is COc1ccc(C(=O)NCC(=O)OCCCCN2C(=O)c3ccccc3C2=O)cc1OC. The van der Waals surface area contributed by atoms with E-state index in [0.29, 0.717) is 41.0 Å². The summed E-state index contributed by atoms with van der Waals surface area (Å²) < 4.78 is 15.4. The van der Waals surface area contributed by atoms with Crippen molar-refractivity contribution >= 4 is 23.7 Å². The number of hydrogen-bond donors (Lipinski definition) is 1. The summed E-state index contributed by atoms with van der Waals surface area (Å²) in [6.45, 7) is 0.0831. The number of nitrogens with zero attached hydrogens (tertiary/aromatic N) is 1. The van der Waals surface area contributed by atoms with Crippen LogP contribution < -0.4 is 14.8 Å². The van der Waals surface area contributed by atoms with Crippen LogP contribution in [-0.4, -0.2) is 62.5 Å². The van der Waals surface area contributed by atoms with Crippen molar-refractivity contribution in [3.63, 3.8) is 0 Å². The summed E-state index contributed by atoms with van der Waals surface area (Å²) in [5.41, 5.74) is 1.14. The van der Waals surface area contributed by atoms with Crippen molar-refractivity contribution in [2.75, 3.05) is 33.9 Å². The highest BCUT2D eigenvalue weighted by Gasteiger charge is 2.34. The predicted molar refractivity (Wildman–Crippen MR) is 114 cm³/mol. The molecule has 0 saturated heterocycles. The summed E-state index contributed by atoms with van der Waals surface area (Å²) in [5, 5.41) is 2.49. The zero-order valence-electron chi connectivity index (χ0n) is 17.9. The van der Waals surface area contributed by atoms with Gasteiger partial charge < -0.3 is 19.5 Å². The molecule has 3 amide bonds. The molecular formula is C23H24N2O7. The number of imide groups is 1. The fourth-order valence-corrected chi connectivity index (χ4v) is 3.28. The van der Waals surface area contributed by atoms with E-state index in [1.54, 1.807) is 36.4 Å². The lowest BCUT2D eigenvalue weighted by molar-refractivity contribution is -0.142. The summed E-state index contributed by atoms with van der Waals surface area (Å²) in [5.74, 6) is -0.750. The van der Waals surface area contributed by atoms with Gasteiger partial charge in [-0.15, -0.1) is 0 Å². The Morgan fingerprint density at radius 1 is 0.906 bits per heavy atom. The Hall–Kier alpha value is -3.88. The van der Waals surface area contributed by atoms with Crippen LogP contribution >= 0.6 is 0 Å². The van der Waals surface area contributed by atoms with Gasteiger partial charge in [0, 0.05) is 12.1 Å². The number of hydrogen-bond acceptors (Lipinski definition) is 7. The maximum absolute atomic E-state index is 12.3. The standard InChI is InChI=1S/C23H24N2O7/c1-30-18-10-9-15(13-19(18)31-2)21(27)24-14-20(26)32-12-6-5-11-25-22(28)16-7-3-4-8-17(16)23(25)29/h3-4,7-10,13H,5-6,11-12,14H2,1-2H3,(H,24,27). The van der Waals surface area contributed by atoms with E-state index in [2.05, 4.69) is 5.32 Å². The van der Waals surface area contributed by atoms with Crippen LogP contribution in [0, 0.1) is 0 Å². The molecule has 32 heavy (non-hydrogen) atoms. The number of nitrogens with one attached hydrogen (secondary N) is 1. The lowest BCUT2D eigenvalue weighted by Gasteiger charge is -2.13. The molecule has 0 bridgehead atoms. The molecule has 1 aliphatic rings. The second kappa shape index (κ2) is 10.4. The first-order valence-corrected chi connectivity index (χ1v) is 10.1. The average Bonchev–Trinajstić information content (AvgIpc) is 3.06. The van der Waals surface area contributed by atoms with Gasteiger partial charge in [-0.05, 0) is 43.2 Å². The molecule has 1 N–H and O–H groups in total. The van der Waals surface area contributed by atoms with Crippen molar-refractivity contribution in [1.82, 2.24) is 10.2 Å². The third kappa shape index (κ3) is 5.05. The lowest BCUT2D eigenvalue weighted by atomic mass is 10.1. The van der Waals surface area contributed by atoms with Gasteiger partial charge in [0.05, 0.1) is 32.0 Å². The Bertz CT molecular complexity index is 1000. The minimum absolute atomic E-state index is 0.119. The van der Waals surface area contributed by atoms with Crippen LogP contribution in [0.15, 0.2) is 42.5 Å². The number of methoxy groups -OCH3 is 2. The van der Waals surface area contributed by atoms with Crippen molar-refractivity contribution in [3.8, 4) is 11.5 Å². The van der Waals surface area contributed by atoms with Crippen LogP contribution in [0.25, 0.3) is 0 Å². The Morgan fingerprint density at radius 2 is 1.56 bits per heavy atom. The van der Waals surface area contributed by atoms with Crippen LogP contribution in [0.2, 0.25) is 0 Å². The fraction of sp³-hybridized carbons (Fsp3) is 0.304. The first kappa shape index (κ1) is 22.8. The number of amides is 3. The summed E-state index contributed by atoms with van der Waals surface area (Å²) in [4.78, 5) is 49.9. The molecule has 3 rings (SSSR count). The summed E-state index contributed by atoms with van der Waals surface area (Å²) in [6.07, 6.45) is 0.972. The van der Waals surface area contributed by atoms with Crippen molar-refractivity contribution in [3.05, 3.63) is 59.2 Å². The second-order valence-electron chi connectivity index (χ2n) is 6.99. The van der Waals surface area contributed by atoms with Crippen molar-refractivity contribution < 1.29 is 33.4 Å². The van der Waals surface area contributed by atoms with E-state index in [-0.39, 0.29) is 31.5 Å². The average molecular weight is 440 g/mol. The minimum atomic E-state index is -0.584.